The number of aryl methyl sites for hydroxylation is 2. The van der Waals surface area contributed by atoms with Crippen LogP contribution in [-0.4, -0.2) is 13.1 Å². The average molecular weight is 247 g/mol. The smallest absolute Gasteiger partial charge is 0.00226 e. The van der Waals surface area contributed by atoms with Gasteiger partial charge in [-0.15, -0.1) is 0 Å². The predicted molar refractivity (Wildman–Crippen MR) is 81.3 cm³/mol. The molecule has 1 heteroatoms. The Morgan fingerprint density at radius 3 is 2.17 bits per heavy atom. The van der Waals surface area contributed by atoms with Crippen LogP contribution in [0.15, 0.2) is 18.2 Å². The average Bonchev–Trinajstić information content (AvgIpc) is 2.28. The van der Waals surface area contributed by atoms with Gasteiger partial charge in [-0.2, -0.15) is 0 Å². The number of likely N-dealkylation sites (N-methyl/N-ethyl adjacent to an activating group) is 1. The summed E-state index contributed by atoms with van der Waals surface area (Å²) in [5, 5.41) is 3.53. The molecule has 18 heavy (non-hydrogen) atoms. The fourth-order valence-electron chi connectivity index (χ4n) is 2.83. The van der Waals surface area contributed by atoms with E-state index in [0.29, 0.717) is 5.92 Å². The van der Waals surface area contributed by atoms with Crippen molar-refractivity contribution >= 4 is 0 Å². The van der Waals surface area contributed by atoms with Gasteiger partial charge in [-0.1, -0.05) is 62.9 Å². The van der Waals surface area contributed by atoms with Crippen LogP contribution in [0.3, 0.4) is 0 Å². The van der Waals surface area contributed by atoms with Crippen molar-refractivity contribution in [2.24, 2.45) is 5.92 Å². The summed E-state index contributed by atoms with van der Waals surface area (Å²) < 4.78 is 0. The molecule has 0 aliphatic heterocycles. The van der Waals surface area contributed by atoms with E-state index >= 15 is 0 Å². The molecule has 0 aliphatic rings. The van der Waals surface area contributed by atoms with Crippen LogP contribution in [0.2, 0.25) is 0 Å². The van der Waals surface area contributed by atoms with Gasteiger partial charge in [0.25, 0.3) is 0 Å². The van der Waals surface area contributed by atoms with Gasteiger partial charge in [-0.3, -0.25) is 0 Å². The van der Waals surface area contributed by atoms with Crippen LogP contribution in [0.5, 0.6) is 0 Å². The Bertz CT molecular complexity index is 336. The summed E-state index contributed by atoms with van der Waals surface area (Å²) in [6.45, 7) is 13.4. The fraction of sp³-hybridized carbons (Fsp3) is 0.647. The Hall–Kier alpha value is -0.820. The standard InChI is InChI=1S/C17H29N/c1-6-8-15(5)17(12-18-7-2)16-10-13(3)9-14(4)11-16/h9-11,15,17-18H,6-8,12H2,1-5H3. The van der Waals surface area contributed by atoms with Gasteiger partial charge in [0.15, 0.2) is 0 Å². The van der Waals surface area contributed by atoms with Gasteiger partial charge in [0.2, 0.25) is 0 Å². The van der Waals surface area contributed by atoms with Gasteiger partial charge in [0.05, 0.1) is 0 Å². The molecule has 0 fully saturated rings. The lowest BCUT2D eigenvalue weighted by Crippen LogP contribution is -2.25. The summed E-state index contributed by atoms with van der Waals surface area (Å²) in [6, 6.07) is 6.99. The Kier molecular flexibility index (Phi) is 6.42. The van der Waals surface area contributed by atoms with Gasteiger partial charge >= 0.3 is 0 Å². The van der Waals surface area contributed by atoms with Crippen molar-refractivity contribution in [3.8, 4) is 0 Å². The third kappa shape index (κ3) is 4.45. The second-order valence-corrected chi connectivity index (χ2v) is 5.60. The Morgan fingerprint density at radius 1 is 1.06 bits per heavy atom. The van der Waals surface area contributed by atoms with Crippen LogP contribution >= 0.6 is 0 Å². The van der Waals surface area contributed by atoms with Crippen molar-refractivity contribution in [2.75, 3.05) is 13.1 Å². The lowest BCUT2D eigenvalue weighted by Gasteiger charge is -2.25. The number of nitrogens with one attached hydrogen (secondary N) is 1. The van der Waals surface area contributed by atoms with Crippen LogP contribution in [0.25, 0.3) is 0 Å². The lowest BCUT2D eigenvalue weighted by atomic mass is 9.83. The van der Waals surface area contributed by atoms with E-state index in [2.05, 4.69) is 58.1 Å². The normalized spacial score (nSPS) is 14.5. The highest BCUT2D eigenvalue weighted by Crippen LogP contribution is 2.28. The molecule has 1 N–H and O–H groups in total. The van der Waals surface area contributed by atoms with Crippen LogP contribution in [0.1, 0.15) is 56.2 Å². The molecule has 0 amide bonds. The van der Waals surface area contributed by atoms with E-state index in [1.165, 1.54) is 29.5 Å². The molecule has 0 aromatic heterocycles. The van der Waals surface area contributed by atoms with Gasteiger partial charge in [0, 0.05) is 6.54 Å². The quantitative estimate of drug-likeness (QED) is 0.751. The molecule has 0 spiro atoms. The van der Waals surface area contributed by atoms with Crippen molar-refractivity contribution in [3.63, 3.8) is 0 Å². The molecule has 1 aromatic carbocycles. The Labute approximate surface area is 113 Å². The zero-order valence-corrected chi connectivity index (χ0v) is 12.7. The predicted octanol–water partition coefficient (Wildman–Crippen LogP) is 4.43. The second-order valence-electron chi connectivity index (χ2n) is 5.60. The first-order chi connectivity index (χ1) is 8.58. The number of hydrogen-bond donors (Lipinski definition) is 1. The highest BCUT2D eigenvalue weighted by Gasteiger charge is 2.18. The summed E-state index contributed by atoms with van der Waals surface area (Å²) in [5.41, 5.74) is 4.28. The molecule has 2 atom stereocenters. The third-order valence-corrected chi connectivity index (χ3v) is 3.72. The zero-order valence-electron chi connectivity index (χ0n) is 12.7. The minimum absolute atomic E-state index is 0.642. The summed E-state index contributed by atoms with van der Waals surface area (Å²) >= 11 is 0. The maximum atomic E-state index is 3.53. The molecule has 1 rings (SSSR count). The summed E-state index contributed by atoms with van der Waals surface area (Å²) in [6.07, 6.45) is 2.58. The van der Waals surface area contributed by atoms with E-state index in [1.807, 2.05) is 0 Å². The molecule has 1 aromatic rings. The molecular weight excluding hydrogens is 218 g/mol. The minimum Gasteiger partial charge on any atom is -0.316 e. The fourth-order valence-corrected chi connectivity index (χ4v) is 2.83. The van der Waals surface area contributed by atoms with Crippen molar-refractivity contribution in [1.29, 1.82) is 0 Å². The second kappa shape index (κ2) is 7.58. The maximum Gasteiger partial charge on any atom is 0.00226 e. The van der Waals surface area contributed by atoms with Gasteiger partial charge in [-0.25, -0.2) is 0 Å². The molecule has 1 nitrogen and oxygen atoms in total. The first kappa shape index (κ1) is 15.2. The Morgan fingerprint density at radius 2 is 1.67 bits per heavy atom. The molecule has 0 saturated heterocycles. The molecule has 0 heterocycles. The minimum atomic E-state index is 0.642. The molecule has 0 aliphatic carbocycles. The van der Waals surface area contributed by atoms with E-state index in [0.717, 1.165) is 19.0 Å². The molecule has 0 saturated carbocycles. The third-order valence-electron chi connectivity index (χ3n) is 3.72. The van der Waals surface area contributed by atoms with Gasteiger partial charge < -0.3 is 5.32 Å². The van der Waals surface area contributed by atoms with Crippen molar-refractivity contribution in [1.82, 2.24) is 5.32 Å². The first-order valence-electron chi connectivity index (χ1n) is 7.37. The highest BCUT2D eigenvalue weighted by atomic mass is 14.8. The molecule has 0 bridgehead atoms. The van der Waals surface area contributed by atoms with Crippen molar-refractivity contribution < 1.29 is 0 Å². The molecular formula is C17H29N. The van der Waals surface area contributed by atoms with Gasteiger partial charge in [0.1, 0.15) is 0 Å². The topological polar surface area (TPSA) is 12.0 Å². The zero-order chi connectivity index (χ0) is 13.5. The maximum absolute atomic E-state index is 3.53. The highest BCUT2D eigenvalue weighted by molar-refractivity contribution is 5.31. The number of benzene rings is 1. The molecule has 2 unspecified atom stereocenters. The van der Waals surface area contributed by atoms with E-state index in [9.17, 15) is 0 Å². The van der Waals surface area contributed by atoms with E-state index in [4.69, 9.17) is 0 Å². The largest absolute Gasteiger partial charge is 0.316 e. The SMILES string of the molecule is CCCC(C)C(CNCC)c1cc(C)cc(C)c1. The van der Waals surface area contributed by atoms with E-state index in [-0.39, 0.29) is 0 Å². The summed E-state index contributed by atoms with van der Waals surface area (Å²) in [5.74, 6) is 1.39. The Balaban J connectivity index is 2.92. The first-order valence-corrected chi connectivity index (χ1v) is 7.37. The number of rotatable bonds is 7. The van der Waals surface area contributed by atoms with Crippen LogP contribution in [0, 0.1) is 19.8 Å². The molecule has 102 valence electrons. The van der Waals surface area contributed by atoms with Crippen LogP contribution in [0.4, 0.5) is 0 Å². The van der Waals surface area contributed by atoms with Crippen LogP contribution in [-0.2, 0) is 0 Å². The summed E-state index contributed by atoms with van der Waals surface area (Å²) in [4.78, 5) is 0. The van der Waals surface area contributed by atoms with E-state index < -0.39 is 0 Å². The van der Waals surface area contributed by atoms with E-state index in [1.54, 1.807) is 0 Å². The summed E-state index contributed by atoms with van der Waals surface area (Å²) in [7, 11) is 0. The van der Waals surface area contributed by atoms with Gasteiger partial charge in [-0.05, 0) is 37.8 Å². The lowest BCUT2D eigenvalue weighted by molar-refractivity contribution is 0.406. The number of hydrogen-bond acceptors (Lipinski definition) is 1. The monoisotopic (exact) mass is 247 g/mol. The van der Waals surface area contributed by atoms with Crippen molar-refractivity contribution in [3.05, 3.63) is 34.9 Å². The molecule has 0 radical (unpaired) electrons. The van der Waals surface area contributed by atoms with Crippen molar-refractivity contribution in [2.45, 2.75) is 53.4 Å². The van der Waals surface area contributed by atoms with Crippen LogP contribution < -0.4 is 5.32 Å².